The zero-order valence-electron chi connectivity index (χ0n) is 19.3. The quantitative estimate of drug-likeness (QED) is 0.641. The number of Topliss-reactive ketones (excluding diaryl/α,β-unsaturated/α-hetero) is 1. The first-order valence-electron chi connectivity index (χ1n) is 11.9. The topological polar surface area (TPSA) is 62.4 Å². The summed E-state index contributed by atoms with van der Waals surface area (Å²) in [5.74, 6) is 0.232. The Morgan fingerprint density at radius 2 is 1.97 bits per heavy atom. The number of carbonyl (C=O) groups is 1. The van der Waals surface area contributed by atoms with Gasteiger partial charge in [-0.2, -0.15) is 0 Å². The number of hydrogen-bond acceptors (Lipinski definition) is 4. The number of pyridine rings is 1. The molecule has 0 radical (unpaired) electrons. The van der Waals surface area contributed by atoms with Gasteiger partial charge in [-0.15, -0.1) is 0 Å². The molecule has 1 aromatic heterocycles. The van der Waals surface area contributed by atoms with Gasteiger partial charge in [0.25, 0.3) is 5.56 Å². The molecule has 0 spiro atoms. The maximum atomic E-state index is 14.8. The van der Waals surface area contributed by atoms with Crippen LogP contribution in [0.3, 0.4) is 0 Å². The second kappa shape index (κ2) is 9.08. The van der Waals surface area contributed by atoms with Gasteiger partial charge in [0.1, 0.15) is 12.4 Å². The van der Waals surface area contributed by atoms with E-state index in [4.69, 9.17) is 4.74 Å². The van der Waals surface area contributed by atoms with Crippen LogP contribution in [0.25, 0.3) is 11.3 Å². The molecule has 5 nitrogen and oxygen atoms in total. The lowest BCUT2D eigenvalue weighted by Crippen LogP contribution is -2.35. The van der Waals surface area contributed by atoms with Crippen LogP contribution in [0.4, 0.5) is 10.1 Å². The zero-order chi connectivity index (χ0) is 22.9. The number of benzene rings is 1. The summed E-state index contributed by atoms with van der Waals surface area (Å²) in [5, 5.41) is 0. The van der Waals surface area contributed by atoms with E-state index < -0.39 is 5.82 Å². The van der Waals surface area contributed by atoms with E-state index in [0.717, 1.165) is 49.9 Å². The SMILES string of the molecule is CCN1CCOc2c(F)cc(-c3ccc(C(CC)(CC)CC4CCCC4=O)c(=O)[nH]3)cc21. The second-order valence-corrected chi connectivity index (χ2v) is 9.10. The van der Waals surface area contributed by atoms with Crippen molar-refractivity contribution >= 4 is 11.5 Å². The third kappa shape index (κ3) is 3.96. The average Bonchev–Trinajstić information content (AvgIpc) is 3.21. The van der Waals surface area contributed by atoms with E-state index in [2.05, 4.69) is 23.7 Å². The predicted molar refractivity (Wildman–Crippen MR) is 125 cm³/mol. The van der Waals surface area contributed by atoms with Crippen molar-refractivity contribution in [3.8, 4) is 17.0 Å². The van der Waals surface area contributed by atoms with Crippen molar-refractivity contribution in [1.29, 1.82) is 0 Å². The number of ether oxygens (including phenoxy) is 1. The molecule has 1 unspecified atom stereocenters. The fraction of sp³-hybridized carbons (Fsp3) is 0.538. The number of aromatic amines is 1. The van der Waals surface area contributed by atoms with Crippen LogP contribution in [0.5, 0.6) is 5.75 Å². The fourth-order valence-corrected chi connectivity index (χ4v) is 5.48. The van der Waals surface area contributed by atoms with Gasteiger partial charge >= 0.3 is 0 Å². The molecule has 172 valence electrons. The Kier molecular flexibility index (Phi) is 6.40. The Hall–Kier alpha value is -2.63. The van der Waals surface area contributed by atoms with Crippen LogP contribution in [0.2, 0.25) is 0 Å². The van der Waals surface area contributed by atoms with Crippen LogP contribution in [0.1, 0.15) is 64.9 Å². The first kappa shape index (κ1) is 22.6. The molecule has 0 bridgehead atoms. The van der Waals surface area contributed by atoms with Gasteiger partial charge in [0.15, 0.2) is 11.6 Å². The number of likely N-dealkylation sites (N-methyl/N-ethyl adjacent to an activating group) is 1. The minimum Gasteiger partial charge on any atom is -0.486 e. The number of carbonyl (C=O) groups excluding carboxylic acids is 1. The molecule has 4 rings (SSSR count). The molecular weight excluding hydrogens is 407 g/mol. The highest BCUT2D eigenvalue weighted by atomic mass is 19.1. The van der Waals surface area contributed by atoms with E-state index >= 15 is 0 Å². The van der Waals surface area contributed by atoms with Gasteiger partial charge < -0.3 is 14.6 Å². The Morgan fingerprint density at radius 1 is 1.19 bits per heavy atom. The minimum atomic E-state index is -0.420. The van der Waals surface area contributed by atoms with E-state index in [0.29, 0.717) is 36.6 Å². The summed E-state index contributed by atoms with van der Waals surface area (Å²) in [6, 6.07) is 7.06. The molecule has 0 saturated heterocycles. The van der Waals surface area contributed by atoms with Gasteiger partial charge in [-0.3, -0.25) is 9.59 Å². The largest absolute Gasteiger partial charge is 0.486 e. The summed E-state index contributed by atoms with van der Waals surface area (Å²) in [7, 11) is 0. The minimum absolute atomic E-state index is 0.0451. The van der Waals surface area contributed by atoms with Crippen LogP contribution in [-0.4, -0.2) is 30.5 Å². The van der Waals surface area contributed by atoms with Crippen LogP contribution < -0.4 is 15.2 Å². The number of H-pyrrole nitrogens is 1. The van der Waals surface area contributed by atoms with Crippen LogP contribution >= 0.6 is 0 Å². The van der Waals surface area contributed by atoms with Crippen LogP contribution in [0, 0.1) is 11.7 Å². The first-order valence-corrected chi connectivity index (χ1v) is 11.9. The standard InChI is InChI=1S/C26H33FN2O3/c1-4-26(5-2,16-17-8-7-9-23(17)30)19-10-11-21(28-25(19)31)18-14-20(27)24-22(15-18)29(6-3)12-13-32-24/h10-11,14-15,17H,4-9,12-13,16H2,1-3H3,(H,28,31). The Bertz CT molecular complexity index is 1060. The molecule has 1 fully saturated rings. The molecule has 32 heavy (non-hydrogen) atoms. The highest BCUT2D eigenvalue weighted by Gasteiger charge is 2.37. The molecule has 1 atom stereocenters. The van der Waals surface area contributed by atoms with Gasteiger partial charge in [-0.25, -0.2) is 4.39 Å². The number of rotatable bonds is 7. The van der Waals surface area contributed by atoms with Gasteiger partial charge in [0.05, 0.1) is 12.2 Å². The van der Waals surface area contributed by atoms with Crippen molar-refractivity contribution < 1.29 is 13.9 Å². The summed E-state index contributed by atoms with van der Waals surface area (Å²) >= 11 is 0. The molecule has 1 aliphatic carbocycles. The Morgan fingerprint density at radius 3 is 2.59 bits per heavy atom. The Labute approximate surface area is 189 Å². The summed E-state index contributed by atoms with van der Waals surface area (Å²) in [6.45, 7) is 8.13. The Balaban J connectivity index is 1.71. The number of halogens is 1. The molecule has 1 N–H and O–H groups in total. The summed E-state index contributed by atoms with van der Waals surface area (Å²) in [5.41, 5.74) is 2.17. The lowest BCUT2D eigenvalue weighted by molar-refractivity contribution is -0.121. The number of ketones is 1. The molecular formula is C26H33FN2O3. The first-order chi connectivity index (χ1) is 15.4. The normalized spacial score (nSPS) is 18.6. The van der Waals surface area contributed by atoms with Crippen molar-refractivity contribution in [2.24, 2.45) is 5.92 Å². The summed E-state index contributed by atoms with van der Waals surface area (Å²) in [4.78, 5) is 30.6. The highest BCUT2D eigenvalue weighted by Crippen LogP contribution is 2.41. The van der Waals surface area contributed by atoms with Gasteiger partial charge in [0.2, 0.25) is 0 Å². The van der Waals surface area contributed by atoms with Crippen molar-refractivity contribution in [1.82, 2.24) is 4.98 Å². The number of anilines is 1. The van der Waals surface area contributed by atoms with E-state index in [9.17, 15) is 14.0 Å². The molecule has 2 aromatic rings. The number of nitrogens with one attached hydrogen (secondary N) is 1. The molecule has 2 aliphatic rings. The molecule has 1 aromatic carbocycles. The van der Waals surface area contributed by atoms with Crippen molar-refractivity contribution in [3.05, 3.63) is 46.0 Å². The van der Waals surface area contributed by atoms with Crippen molar-refractivity contribution in [2.75, 3.05) is 24.6 Å². The van der Waals surface area contributed by atoms with Crippen LogP contribution in [-0.2, 0) is 10.2 Å². The van der Waals surface area contributed by atoms with Crippen molar-refractivity contribution in [2.45, 2.75) is 64.7 Å². The highest BCUT2D eigenvalue weighted by molar-refractivity contribution is 5.83. The molecule has 2 heterocycles. The molecule has 6 heteroatoms. The van der Waals surface area contributed by atoms with E-state index in [1.807, 2.05) is 25.1 Å². The van der Waals surface area contributed by atoms with Gasteiger partial charge in [-0.1, -0.05) is 19.9 Å². The predicted octanol–water partition coefficient (Wildman–Crippen LogP) is 5.22. The maximum Gasteiger partial charge on any atom is 0.252 e. The average molecular weight is 441 g/mol. The smallest absolute Gasteiger partial charge is 0.252 e. The number of hydrogen-bond donors (Lipinski definition) is 1. The number of nitrogens with zero attached hydrogens (tertiary/aromatic N) is 1. The maximum absolute atomic E-state index is 14.8. The molecule has 1 saturated carbocycles. The number of fused-ring (bicyclic) bond motifs is 1. The summed E-state index contributed by atoms with van der Waals surface area (Å²) < 4.78 is 20.3. The van der Waals surface area contributed by atoms with Gasteiger partial charge in [-0.05, 0) is 57.2 Å². The van der Waals surface area contributed by atoms with E-state index in [-0.39, 0.29) is 22.6 Å². The van der Waals surface area contributed by atoms with E-state index in [1.165, 1.54) is 6.07 Å². The van der Waals surface area contributed by atoms with Gasteiger partial charge in [0, 0.05) is 41.1 Å². The zero-order valence-corrected chi connectivity index (χ0v) is 19.3. The molecule has 1 aliphatic heterocycles. The van der Waals surface area contributed by atoms with Crippen LogP contribution in [0.15, 0.2) is 29.1 Å². The monoisotopic (exact) mass is 440 g/mol. The van der Waals surface area contributed by atoms with Crippen molar-refractivity contribution in [3.63, 3.8) is 0 Å². The molecule has 0 amide bonds. The fourth-order valence-electron chi connectivity index (χ4n) is 5.48. The lowest BCUT2D eigenvalue weighted by Gasteiger charge is -2.34. The summed E-state index contributed by atoms with van der Waals surface area (Å²) in [6.07, 6.45) is 4.84. The second-order valence-electron chi connectivity index (χ2n) is 9.10. The third-order valence-electron chi connectivity index (χ3n) is 7.57. The lowest BCUT2D eigenvalue weighted by atomic mass is 9.70. The number of aromatic nitrogens is 1. The third-order valence-corrected chi connectivity index (χ3v) is 7.57. The van der Waals surface area contributed by atoms with E-state index in [1.54, 1.807) is 0 Å².